The number of hydrogen-bond acceptors (Lipinski definition) is 3. The summed E-state index contributed by atoms with van der Waals surface area (Å²) in [5.74, 6) is -6.59. The van der Waals surface area contributed by atoms with Crippen LogP contribution in [-0.4, -0.2) is 46.2 Å². The fourth-order valence-corrected chi connectivity index (χ4v) is 4.27. The van der Waals surface area contributed by atoms with Crippen LogP contribution in [0.4, 0.5) is 17.6 Å². The van der Waals surface area contributed by atoms with Gasteiger partial charge in [0.1, 0.15) is 0 Å². The molecule has 2 aliphatic heterocycles. The number of fused-ring (bicyclic) bond motifs is 1. The molecule has 0 spiro atoms. The van der Waals surface area contributed by atoms with Crippen LogP contribution in [0, 0.1) is 28.0 Å². The first-order chi connectivity index (χ1) is 13.7. The van der Waals surface area contributed by atoms with Crippen molar-refractivity contribution in [3.8, 4) is 0 Å². The normalized spacial score (nSPS) is 18.6. The Morgan fingerprint density at radius 3 is 2.41 bits per heavy atom. The average Bonchev–Trinajstić information content (AvgIpc) is 3.14. The number of aromatic nitrogens is 2. The molecule has 0 radical (unpaired) electrons. The van der Waals surface area contributed by atoms with E-state index < -0.39 is 34.8 Å². The molecule has 1 fully saturated rings. The van der Waals surface area contributed by atoms with Crippen LogP contribution in [0.15, 0.2) is 6.07 Å². The molecule has 1 aromatic carbocycles. The van der Waals surface area contributed by atoms with E-state index in [2.05, 4.69) is 0 Å². The van der Waals surface area contributed by atoms with E-state index in [4.69, 9.17) is 17.0 Å². The summed E-state index contributed by atoms with van der Waals surface area (Å²) in [5, 5.41) is 0. The Morgan fingerprint density at radius 2 is 1.86 bits per heavy atom. The zero-order valence-electron chi connectivity index (χ0n) is 15.8. The molecule has 0 aliphatic carbocycles. The van der Waals surface area contributed by atoms with Gasteiger partial charge in [-0.15, -0.1) is 0 Å². The monoisotopic (exact) mass is 429 g/mol. The summed E-state index contributed by atoms with van der Waals surface area (Å²) in [4.78, 5) is 14.3. The van der Waals surface area contributed by atoms with E-state index in [0.29, 0.717) is 29.4 Å². The lowest BCUT2D eigenvalue weighted by Gasteiger charge is -2.34. The van der Waals surface area contributed by atoms with Crippen molar-refractivity contribution < 1.29 is 27.1 Å². The Labute approximate surface area is 169 Å². The van der Waals surface area contributed by atoms with E-state index >= 15 is 0 Å². The Hall–Kier alpha value is -2.20. The van der Waals surface area contributed by atoms with Gasteiger partial charge in [-0.1, -0.05) is 0 Å². The van der Waals surface area contributed by atoms with Gasteiger partial charge in [0.25, 0.3) is 0 Å². The molecule has 1 atom stereocenters. The first-order valence-corrected chi connectivity index (χ1v) is 9.55. The third kappa shape index (κ3) is 3.18. The smallest absolute Gasteiger partial charge is 0.228 e. The summed E-state index contributed by atoms with van der Waals surface area (Å²) in [6, 6.07) is 0.226. The van der Waals surface area contributed by atoms with Gasteiger partial charge < -0.3 is 18.8 Å². The first-order valence-electron chi connectivity index (χ1n) is 9.14. The van der Waals surface area contributed by atoms with Gasteiger partial charge in [-0.05, 0) is 18.6 Å². The fourth-order valence-electron chi connectivity index (χ4n) is 3.98. The third-order valence-corrected chi connectivity index (χ3v) is 6.35. The van der Waals surface area contributed by atoms with Crippen molar-refractivity contribution in [2.24, 2.45) is 7.05 Å². The zero-order valence-corrected chi connectivity index (χ0v) is 16.7. The van der Waals surface area contributed by atoms with Crippen LogP contribution in [-0.2, 0) is 36.0 Å². The SMILES string of the molecule is CN(C(=O)Cc1c2n(c(=S)n1C)C[C@@H](c1c(F)c(F)cc(F)c1F)C2)C1COC1. The number of ether oxygens (including phenoxy) is 1. The number of carbonyl (C=O) groups excluding carboxylic acids is 1. The molecular weight excluding hydrogens is 410 g/mol. The molecule has 4 rings (SSSR count). The van der Waals surface area contributed by atoms with Gasteiger partial charge in [0.15, 0.2) is 28.0 Å². The van der Waals surface area contributed by atoms with E-state index in [1.165, 1.54) is 0 Å². The molecule has 156 valence electrons. The summed E-state index contributed by atoms with van der Waals surface area (Å²) in [7, 11) is 3.42. The number of imidazole rings is 1. The molecule has 0 N–H and O–H groups in total. The van der Waals surface area contributed by atoms with Crippen LogP contribution in [0.3, 0.4) is 0 Å². The van der Waals surface area contributed by atoms with Crippen LogP contribution in [0.1, 0.15) is 22.9 Å². The van der Waals surface area contributed by atoms with Crippen molar-refractivity contribution in [1.82, 2.24) is 14.0 Å². The van der Waals surface area contributed by atoms with Crippen molar-refractivity contribution in [3.63, 3.8) is 0 Å². The van der Waals surface area contributed by atoms with E-state index in [9.17, 15) is 22.4 Å². The van der Waals surface area contributed by atoms with Crippen molar-refractivity contribution in [2.45, 2.75) is 31.3 Å². The number of rotatable bonds is 4. The van der Waals surface area contributed by atoms with Crippen molar-refractivity contribution in [3.05, 3.63) is 51.1 Å². The molecular formula is C19H19F4N3O2S. The number of benzene rings is 1. The third-order valence-electron chi connectivity index (χ3n) is 5.86. The van der Waals surface area contributed by atoms with E-state index in [-0.39, 0.29) is 37.4 Å². The van der Waals surface area contributed by atoms with Crippen molar-refractivity contribution >= 4 is 18.1 Å². The molecule has 0 unspecified atom stereocenters. The van der Waals surface area contributed by atoms with Gasteiger partial charge in [-0.2, -0.15) is 0 Å². The minimum absolute atomic E-state index is 0.0256. The van der Waals surface area contributed by atoms with Crippen LogP contribution in [0.5, 0.6) is 0 Å². The second-order valence-corrected chi connectivity index (χ2v) is 7.87. The maximum Gasteiger partial charge on any atom is 0.228 e. The minimum Gasteiger partial charge on any atom is -0.377 e. The first kappa shape index (κ1) is 20.1. The predicted molar refractivity (Wildman–Crippen MR) is 98.0 cm³/mol. The van der Waals surface area contributed by atoms with Gasteiger partial charge in [0.2, 0.25) is 5.91 Å². The Balaban J connectivity index is 1.65. The summed E-state index contributed by atoms with van der Waals surface area (Å²) >= 11 is 5.41. The number of halogens is 4. The quantitative estimate of drug-likeness (QED) is 0.426. The van der Waals surface area contributed by atoms with Gasteiger partial charge in [-0.3, -0.25) is 4.79 Å². The van der Waals surface area contributed by atoms with Crippen LogP contribution < -0.4 is 0 Å². The Bertz CT molecular complexity index is 1030. The highest BCUT2D eigenvalue weighted by molar-refractivity contribution is 7.71. The predicted octanol–water partition coefficient (Wildman–Crippen LogP) is 2.85. The van der Waals surface area contributed by atoms with Crippen LogP contribution in [0.25, 0.3) is 0 Å². The van der Waals surface area contributed by atoms with Crippen LogP contribution in [0.2, 0.25) is 0 Å². The molecule has 2 aliphatic rings. The maximum absolute atomic E-state index is 14.3. The topological polar surface area (TPSA) is 39.4 Å². The lowest BCUT2D eigenvalue weighted by Crippen LogP contribution is -2.50. The van der Waals surface area contributed by atoms with Crippen molar-refractivity contribution in [2.75, 3.05) is 20.3 Å². The highest BCUT2D eigenvalue weighted by Gasteiger charge is 2.35. The number of likely N-dealkylation sites (N-methyl/N-ethyl adjacent to an activating group) is 1. The highest BCUT2D eigenvalue weighted by atomic mass is 32.1. The second kappa shape index (κ2) is 7.24. The Morgan fingerprint density at radius 1 is 1.24 bits per heavy atom. The standard InChI is InChI=1S/C19H19F4N3O2S/c1-24(10-7-28-8-10)15(27)5-13-14-3-9(6-26(14)19(29)25(13)2)16-17(22)11(20)4-12(21)18(16)23/h4,9-10H,3,5-8H2,1-2H3/t9-/m0/s1. The second-order valence-electron chi connectivity index (χ2n) is 7.50. The largest absolute Gasteiger partial charge is 0.377 e. The minimum atomic E-state index is -1.43. The maximum atomic E-state index is 14.3. The number of carbonyl (C=O) groups is 1. The van der Waals surface area contributed by atoms with Crippen molar-refractivity contribution in [1.29, 1.82) is 0 Å². The zero-order chi connectivity index (χ0) is 21.0. The number of hydrogen-bond donors (Lipinski definition) is 0. The molecule has 1 saturated heterocycles. The highest BCUT2D eigenvalue weighted by Crippen LogP contribution is 2.36. The number of amides is 1. The molecule has 5 nitrogen and oxygen atoms in total. The van der Waals surface area contributed by atoms with Gasteiger partial charge in [-0.25, -0.2) is 17.6 Å². The van der Waals surface area contributed by atoms with Crippen LogP contribution >= 0.6 is 12.2 Å². The Kier molecular flexibility index (Phi) is 5.02. The fraction of sp³-hybridized carbons (Fsp3) is 0.474. The summed E-state index contributed by atoms with van der Waals surface area (Å²) < 4.78 is 64.7. The average molecular weight is 429 g/mol. The molecule has 1 amide bonds. The summed E-state index contributed by atoms with van der Waals surface area (Å²) in [6.45, 7) is 1.06. The molecule has 1 aromatic heterocycles. The van der Waals surface area contributed by atoms with Gasteiger partial charge >= 0.3 is 0 Å². The molecule has 2 aromatic rings. The summed E-state index contributed by atoms with van der Waals surface area (Å²) in [6.07, 6.45) is 0.185. The van der Waals surface area contributed by atoms with E-state index in [1.54, 1.807) is 28.1 Å². The van der Waals surface area contributed by atoms with Gasteiger partial charge in [0, 0.05) is 49.6 Å². The molecule has 29 heavy (non-hydrogen) atoms. The van der Waals surface area contributed by atoms with E-state index in [1.807, 2.05) is 0 Å². The lowest BCUT2D eigenvalue weighted by molar-refractivity contribution is -0.141. The van der Waals surface area contributed by atoms with Gasteiger partial charge in [0.05, 0.1) is 25.7 Å². The summed E-state index contributed by atoms with van der Waals surface area (Å²) in [5.41, 5.74) is 0.661. The van der Waals surface area contributed by atoms with E-state index in [0.717, 1.165) is 0 Å². The lowest BCUT2D eigenvalue weighted by atomic mass is 9.94. The molecule has 0 bridgehead atoms. The molecule has 10 heteroatoms. The number of nitrogens with zero attached hydrogens (tertiary/aromatic N) is 3. The molecule has 0 saturated carbocycles. The molecule has 3 heterocycles.